The summed E-state index contributed by atoms with van der Waals surface area (Å²) < 4.78 is 0. The van der Waals surface area contributed by atoms with Gasteiger partial charge >= 0.3 is 0 Å². The molecule has 0 saturated carbocycles. The average molecular weight is 289 g/mol. The number of carbonyl (C=O) groups is 1. The molecule has 0 aliphatic carbocycles. The number of hydrogen-bond donors (Lipinski definition) is 1. The first kappa shape index (κ1) is 15.8. The van der Waals surface area contributed by atoms with Gasteiger partial charge in [-0.3, -0.25) is 4.79 Å². The van der Waals surface area contributed by atoms with Crippen LogP contribution in [0.25, 0.3) is 0 Å². The Balaban J connectivity index is 1.85. The molecule has 1 saturated heterocycles. The molecule has 1 fully saturated rings. The molecule has 1 amide bonds. The number of amides is 1. The molecular weight excluding hydrogens is 262 g/mol. The molecule has 0 spiro atoms. The minimum Gasteiger partial charge on any atom is -0.354 e. The second-order valence-electron chi connectivity index (χ2n) is 5.90. The summed E-state index contributed by atoms with van der Waals surface area (Å²) in [6, 6.07) is 6.23. The maximum Gasteiger partial charge on any atom is 0.223 e. The van der Waals surface area contributed by atoms with E-state index in [1.54, 1.807) is 0 Å². The van der Waals surface area contributed by atoms with Gasteiger partial charge in [-0.05, 0) is 31.4 Å². The van der Waals surface area contributed by atoms with Gasteiger partial charge in [-0.25, -0.2) is 4.98 Å². The summed E-state index contributed by atoms with van der Waals surface area (Å²) in [5, 5.41) is 3.24. The lowest BCUT2D eigenvalue weighted by Gasteiger charge is -2.20. The van der Waals surface area contributed by atoms with Crippen LogP contribution >= 0.6 is 0 Å². The third kappa shape index (κ3) is 4.45. The lowest BCUT2D eigenvalue weighted by molar-refractivity contribution is -0.126. The van der Waals surface area contributed by atoms with Crippen LogP contribution in [0.5, 0.6) is 0 Å². The summed E-state index contributed by atoms with van der Waals surface area (Å²) in [4.78, 5) is 19.0. The van der Waals surface area contributed by atoms with Crippen LogP contribution in [0.1, 0.15) is 46.0 Å². The Morgan fingerprint density at radius 2 is 2.14 bits per heavy atom. The standard InChI is InChI=1S/C17H27N3O/c1-3-7-14(8-4-2)17(21)19-15-10-12-20(13-15)16-9-5-6-11-18-16/h5-6,9,11,14-15H,3-4,7-8,10,12-13H2,1-2H3,(H,19,21). The molecular formula is C17H27N3O. The second kappa shape index (κ2) is 8.01. The van der Waals surface area contributed by atoms with Crippen LogP contribution in [0, 0.1) is 5.92 Å². The highest BCUT2D eigenvalue weighted by Crippen LogP contribution is 2.19. The van der Waals surface area contributed by atoms with Crippen molar-refractivity contribution in [2.75, 3.05) is 18.0 Å². The van der Waals surface area contributed by atoms with E-state index in [-0.39, 0.29) is 17.9 Å². The highest BCUT2D eigenvalue weighted by Gasteiger charge is 2.26. The number of aromatic nitrogens is 1. The molecule has 21 heavy (non-hydrogen) atoms. The zero-order valence-electron chi connectivity index (χ0n) is 13.2. The highest BCUT2D eigenvalue weighted by molar-refractivity contribution is 5.79. The van der Waals surface area contributed by atoms with Gasteiger partial charge in [-0.15, -0.1) is 0 Å². The fourth-order valence-corrected chi connectivity index (χ4v) is 3.05. The van der Waals surface area contributed by atoms with Gasteiger partial charge in [0.05, 0.1) is 0 Å². The number of carbonyl (C=O) groups excluding carboxylic acids is 1. The van der Waals surface area contributed by atoms with Crippen LogP contribution in [0.15, 0.2) is 24.4 Å². The first-order chi connectivity index (χ1) is 10.2. The number of nitrogens with one attached hydrogen (secondary N) is 1. The van der Waals surface area contributed by atoms with E-state index in [1.165, 1.54) is 0 Å². The Bertz CT molecular complexity index is 429. The minimum atomic E-state index is 0.184. The molecule has 1 aromatic heterocycles. The molecule has 2 rings (SSSR count). The number of anilines is 1. The number of hydrogen-bond acceptors (Lipinski definition) is 3. The van der Waals surface area contributed by atoms with Crippen molar-refractivity contribution in [3.8, 4) is 0 Å². The van der Waals surface area contributed by atoms with Crippen molar-refractivity contribution < 1.29 is 4.79 Å². The van der Waals surface area contributed by atoms with Crippen LogP contribution in [-0.2, 0) is 4.79 Å². The van der Waals surface area contributed by atoms with E-state index < -0.39 is 0 Å². The Morgan fingerprint density at radius 3 is 2.76 bits per heavy atom. The third-order valence-electron chi connectivity index (χ3n) is 4.15. The van der Waals surface area contributed by atoms with E-state index in [1.807, 2.05) is 24.4 Å². The average Bonchev–Trinajstić information content (AvgIpc) is 2.96. The quantitative estimate of drug-likeness (QED) is 0.839. The first-order valence-corrected chi connectivity index (χ1v) is 8.21. The lowest BCUT2D eigenvalue weighted by Crippen LogP contribution is -2.40. The Morgan fingerprint density at radius 1 is 1.38 bits per heavy atom. The molecule has 4 nitrogen and oxygen atoms in total. The van der Waals surface area contributed by atoms with Crippen molar-refractivity contribution in [1.82, 2.24) is 10.3 Å². The van der Waals surface area contributed by atoms with Crippen molar-refractivity contribution in [1.29, 1.82) is 0 Å². The molecule has 1 unspecified atom stereocenters. The monoisotopic (exact) mass is 289 g/mol. The number of nitrogens with zero attached hydrogens (tertiary/aromatic N) is 2. The van der Waals surface area contributed by atoms with Crippen LogP contribution in [0.4, 0.5) is 5.82 Å². The van der Waals surface area contributed by atoms with Gasteiger partial charge < -0.3 is 10.2 Å². The fraction of sp³-hybridized carbons (Fsp3) is 0.647. The fourth-order valence-electron chi connectivity index (χ4n) is 3.05. The van der Waals surface area contributed by atoms with E-state index in [0.717, 1.165) is 51.0 Å². The summed E-state index contributed by atoms with van der Waals surface area (Å²) in [6.07, 6.45) is 6.96. The van der Waals surface area contributed by atoms with E-state index in [4.69, 9.17) is 0 Å². The van der Waals surface area contributed by atoms with Crippen LogP contribution in [-0.4, -0.2) is 30.0 Å². The normalized spacial score (nSPS) is 18.2. The zero-order valence-corrected chi connectivity index (χ0v) is 13.2. The van der Waals surface area contributed by atoms with E-state index in [0.29, 0.717) is 0 Å². The number of pyridine rings is 1. The molecule has 1 atom stereocenters. The molecule has 0 radical (unpaired) electrons. The van der Waals surface area contributed by atoms with Gasteiger partial charge in [0.1, 0.15) is 5.82 Å². The van der Waals surface area contributed by atoms with Gasteiger partial charge in [0, 0.05) is 31.2 Å². The van der Waals surface area contributed by atoms with E-state index in [9.17, 15) is 4.79 Å². The van der Waals surface area contributed by atoms with E-state index in [2.05, 4.69) is 29.0 Å². The second-order valence-corrected chi connectivity index (χ2v) is 5.90. The summed E-state index contributed by atoms with van der Waals surface area (Å²) >= 11 is 0. The molecule has 116 valence electrons. The summed E-state index contributed by atoms with van der Waals surface area (Å²) in [7, 11) is 0. The molecule has 0 bridgehead atoms. The summed E-state index contributed by atoms with van der Waals surface area (Å²) in [5.74, 6) is 1.43. The molecule has 1 aliphatic rings. The van der Waals surface area contributed by atoms with Gasteiger partial charge in [-0.2, -0.15) is 0 Å². The first-order valence-electron chi connectivity index (χ1n) is 8.21. The lowest BCUT2D eigenvalue weighted by atomic mass is 9.97. The maximum atomic E-state index is 12.4. The van der Waals surface area contributed by atoms with E-state index >= 15 is 0 Å². The number of rotatable bonds is 7. The molecule has 1 N–H and O–H groups in total. The topological polar surface area (TPSA) is 45.2 Å². The predicted octanol–water partition coefficient (Wildman–Crippen LogP) is 2.99. The van der Waals surface area contributed by atoms with Crippen molar-refractivity contribution in [3.05, 3.63) is 24.4 Å². The van der Waals surface area contributed by atoms with Gasteiger partial charge in [0.15, 0.2) is 0 Å². The molecule has 4 heteroatoms. The van der Waals surface area contributed by atoms with Crippen LogP contribution < -0.4 is 10.2 Å². The minimum absolute atomic E-state index is 0.184. The highest BCUT2D eigenvalue weighted by atomic mass is 16.1. The van der Waals surface area contributed by atoms with Crippen LogP contribution in [0.2, 0.25) is 0 Å². The Kier molecular flexibility index (Phi) is 6.03. The molecule has 1 aromatic rings. The van der Waals surface area contributed by atoms with Crippen molar-refractivity contribution >= 4 is 11.7 Å². The molecule has 2 heterocycles. The zero-order chi connectivity index (χ0) is 15.1. The Labute approximate surface area is 127 Å². The van der Waals surface area contributed by atoms with Crippen LogP contribution in [0.3, 0.4) is 0 Å². The van der Waals surface area contributed by atoms with Crippen molar-refractivity contribution in [2.24, 2.45) is 5.92 Å². The predicted molar refractivity (Wildman–Crippen MR) is 86.3 cm³/mol. The van der Waals surface area contributed by atoms with Gasteiger partial charge in [-0.1, -0.05) is 32.8 Å². The third-order valence-corrected chi connectivity index (χ3v) is 4.15. The summed E-state index contributed by atoms with van der Waals surface area (Å²) in [6.45, 7) is 6.13. The van der Waals surface area contributed by atoms with Gasteiger partial charge in [0.2, 0.25) is 5.91 Å². The maximum absolute atomic E-state index is 12.4. The summed E-state index contributed by atoms with van der Waals surface area (Å²) in [5.41, 5.74) is 0. The molecule has 1 aliphatic heterocycles. The molecule has 0 aromatic carbocycles. The van der Waals surface area contributed by atoms with Gasteiger partial charge in [0.25, 0.3) is 0 Å². The van der Waals surface area contributed by atoms with Crippen molar-refractivity contribution in [3.63, 3.8) is 0 Å². The SMILES string of the molecule is CCCC(CCC)C(=O)NC1CCN(c2ccccn2)C1. The van der Waals surface area contributed by atoms with Crippen molar-refractivity contribution in [2.45, 2.75) is 52.0 Å². The smallest absolute Gasteiger partial charge is 0.223 e. The Hall–Kier alpha value is -1.58. The largest absolute Gasteiger partial charge is 0.354 e.